The van der Waals surface area contributed by atoms with Gasteiger partial charge in [-0.05, 0) is 18.1 Å². The largest absolute Gasteiger partial charge is 0.383 e. The van der Waals surface area contributed by atoms with Crippen molar-refractivity contribution in [3.8, 4) is 0 Å². The molecule has 10 heteroatoms. The van der Waals surface area contributed by atoms with Crippen molar-refractivity contribution in [3.63, 3.8) is 0 Å². The number of anilines is 1. The molecule has 0 saturated heterocycles. The van der Waals surface area contributed by atoms with Gasteiger partial charge in [0.1, 0.15) is 5.82 Å². The van der Waals surface area contributed by atoms with Crippen molar-refractivity contribution < 1.29 is 8.42 Å². The predicted octanol–water partition coefficient (Wildman–Crippen LogP) is 2.42. The highest BCUT2D eigenvalue weighted by Gasteiger charge is 2.24. The lowest BCUT2D eigenvalue weighted by Gasteiger charge is -2.03. The number of fused-ring (bicyclic) bond motifs is 2. The Morgan fingerprint density at radius 2 is 2.04 bits per heavy atom. The molecule has 2 aromatic heterocycles. The van der Waals surface area contributed by atoms with E-state index in [1.165, 1.54) is 4.52 Å². The van der Waals surface area contributed by atoms with Crippen LogP contribution in [-0.2, 0) is 9.84 Å². The minimum Gasteiger partial charge on any atom is -0.383 e. The highest BCUT2D eigenvalue weighted by atomic mass is 32.2. The number of benzene rings is 1. The molecule has 28 heavy (non-hydrogen) atoms. The second-order valence-electron chi connectivity index (χ2n) is 6.83. The molecule has 3 heterocycles. The molecule has 0 fully saturated rings. The van der Waals surface area contributed by atoms with E-state index in [-0.39, 0.29) is 32.4 Å². The number of hydrogen-bond acceptors (Lipinski definition) is 8. The molecule has 0 amide bonds. The third-order valence-corrected chi connectivity index (χ3v) is 7.58. The monoisotopic (exact) mass is 415 g/mol. The summed E-state index contributed by atoms with van der Waals surface area (Å²) in [7, 11) is -3.57. The topological polar surface area (TPSA) is 120 Å². The van der Waals surface area contributed by atoms with Gasteiger partial charge in [-0.2, -0.15) is 9.50 Å². The second kappa shape index (κ2) is 6.64. The number of para-hydroxylation sites is 1. The summed E-state index contributed by atoms with van der Waals surface area (Å²) in [5, 5.41) is 4.12. The van der Waals surface area contributed by atoms with Crippen LogP contribution in [0.3, 0.4) is 0 Å². The fourth-order valence-electron chi connectivity index (χ4n) is 2.94. The lowest BCUT2D eigenvalue weighted by molar-refractivity contribution is 0.579. The lowest BCUT2D eigenvalue weighted by Crippen LogP contribution is -2.17. The van der Waals surface area contributed by atoms with Crippen molar-refractivity contribution in [2.75, 3.05) is 11.5 Å². The molecule has 3 aromatic rings. The van der Waals surface area contributed by atoms with Crippen LogP contribution >= 0.6 is 11.3 Å². The summed E-state index contributed by atoms with van der Waals surface area (Å²) in [5.74, 6) is -0.0475. The van der Waals surface area contributed by atoms with E-state index in [4.69, 9.17) is 5.73 Å². The summed E-state index contributed by atoms with van der Waals surface area (Å²) < 4.78 is 26.0. The number of nitrogens with zero attached hydrogens (tertiary/aromatic N) is 4. The molecular weight excluding hydrogens is 398 g/mol. The van der Waals surface area contributed by atoms with Crippen molar-refractivity contribution in [1.29, 1.82) is 0 Å². The Balaban J connectivity index is 1.85. The Morgan fingerprint density at radius 1 is 1.29 bits per heavy atom. The fourth-order valence-corrected chi connectivity index (χ4v) is 5.74. The molecule has 2 N–H and O–H groups in total. The smallest absolute Gasteiger partial charge is 0.283 e. The predicted molar refractivity (Wildman–Crippen MR) is 111 cm³/mol. The first-order valence-corrected chi connectivity index (χ1v) is 11.0. The number of nitrogen functional groups attached to an aromatic ring is 1. The van der Waals surface area contributed by atoms with Gasteiger partial charge in [0.25, 0.3) is 5.56 Å². The summed E-state index contributed by atoms with van der Waals surface area (Å²) in [5.41, 5.74) is 8.17. The molecule has 0 aliphatic carbocycles. The first kappa shape index (κ1) is 18.5. The fraction of sp³-hybridized carbons (Fsp3) is 0.222. The number of sulfone groups is 1. The molecule has 0 unspecified atom stereocenters. The lowest BCUT2D eigenvalue weighted by atomic mass is 10.1. The molecule has 0 saturated carbocycles. The summed E-state index contributed by atoms with van der Waals surface area (Å²) in [6, 6.07) is 7.53. The zero-order valence-electron chi connectivity index (χ0n) is 15.2. The van der Waals surface area contributed by atoms with E-state index in [0.29, 0.717) is 0 Å². The third kappa shape index (κ3) is 3.14. The van der Waals surface area contributed by atoms with Gasteiger partial charge >= 0.3 is 0 Å². The Bertz CT molecular complexity index is 1320. The molecule has 0 spiro atoms. The molecule has 1 aliphatic heterocycles. The number of nitrogens with two attached hydrogens (primary N) is 1. The summed E-state index contributed by atoms with van der Waals surface area (Å²) >= 11 is 0.840. The van der Waals surface area contributed by atoms with Gasteiger partial charge in [-0.25, -0.2) is 8.42 Å². The van der Waals surface area contributed by atoms with Crippen LogP contribution in [0.2, 0.25) is 0 Å². The molecule has 0 atom stereocenters. The summed E-state index contributed by atoms with van der Waals surface area (Å²) in [6.07, 6.45) is 3.26. The van der Waals surface area contributed by atoms with Crippen LogP contribution in [0.4, 0.5) is 11.5 Å². The normalized spacial score (nSPS) is 15.0. The van der Waals surface area contributed by atoms with E-state index in [1.807, 2.05) is 38.1 Å². The Kier molecular flexibility index (Phi) is 4.39. The maximum absolute atomic E-state index is 12.5. The van der Waals surface area contributed by atoms with E-state index in [0.717, 1.165) is 28.2 Å². The molecule has 0 bridgehead atoms. The maximum Gasteiger partial charge on any atom is 0.283 e. The van der Waals surface area contributed by atoms with Crippen LogP contribution in [-0.4, -0.2) is 35.0 Å². The van der Waals surface area contributed by atoms with Crippen LogP contribution < -0.4 is 11.3 Å². The van der Waals surface area contributed by atoms with Crippen LogP contribution in [0.15, 0.2) is 38.4 Å². The zero-order chi connectivity index (χ0) is 20.1. The molecule has 0 radical (unpaired) electrons. The van der Waals surface area contributed by atoms with Crippen molar-refractivity contribution in [2.24, 2.45) is 10.9 Å². The number of rotatable bonds is 4. The maximum atomic E-state index is 12.5. The Hall–Kier alpha value is -2.85. The third-order valence-electron chi connectivity index (χ3n) is 4.15. The quantitative estimate of drug-likeness (QED) is 0.699. The van der Waals surface area contributed by atoms with Gasteiger partial charge in [-0.3, -0.25) is 9.79 Å². The summed E-state index contributed by atoms with van der Waals surface area (Å²) in [6.45, 7) is 3.62. The van der Waals surface area contributed by atoms with Crippen LogP contribution in [0.25, 0.3) is 16.6 Å². The van der Waals surface area contributed by atoms with E-state index >= 15 is 0 Å². The van der Waals surface area contributed by atoms with Crippen molar-refractivity contribution in [2.45, 2.75) is 18.2 Å². The minimum atomic E-state index is -3.57. The first-order chi connectivity index (χ1) is 13.3. The van der Waals surface area contributed by atoms with Gasteiger partial charge in [0.15, 0.2) is 0 Å². The molecule has 4 rings (SSSR count). The molecule has 1 aromatic carbocycles. The standard InChI is InChI=1S/C18H17N5O3S2/c1-10(2)9-28(25,26)18-22-23-15(19)13(16(24)21-17(23)27-18)7-11-8-20-14-6-4-3-5-12(11)14/h3-8,10H,9,19H2,1-2H3. The van der Waals surface area contributed by atoms with Gasteiger partial charge < -0.3 is 5.73 Å². The van der Waals surface area contributed by atoms with Crippen molar-refractivity contribution in [1.82, 2.24) is 14.6 Å². The highest BCUT2D eigenvalue weighted by molar-refractivity contribution is 7.93. The van der Waals surface area contributed by atoms with Gasteiger partial charge in [0.05, 0.1) is 17.0 Å². The van der Waals surface area contributed by atoms with Crippen LogP contribution in [0.1, 0.15) is 25.0 Å². The molecular formula is C18H17N5O3S2. The average Bonchev–Trinajstić information content (AvgIpc) is 3.22. The SMILES string of the molecule is CC(C)CS(=O)(=O)c1nn2c(N)c(C=C3C=Nc4ccccc43)c(=O)nc2s1. The second-order valence-corrected chi connectivity index (χ2v) is 9.99. The van der Waals surface area contributed by atoms with Gasteiger partial charge in [-0.1, -0.05) is 43.4 Å². The number of aliphatic imine (C=N–C) groups is 1. The average molecular weight is 416 g/mol. The van der Waals surface area contributed by atoms with Crippen LogP contribution in [0, 0.1) is 5.92 Å². The van der Waals surface area contributed by atoms with Gasteiger partial charge in [-0.15, -0.1) is 5.10 Å². The van der Waals surface area contributed by atoms with Gasteiger partial charge in [0, 0.05) is 17.4 Å². The van der Waals surface area contributed by atoms with E-state index in [1.54, 1.807) is 12.3 Å². The number of allylic oxidation sites excluding steroid dienone is 1. The van der Waals surface area contributed by atoms with Crippen molar-refractivity contribution >= 4 is 55.5 Å². The molecule has 144 valence electrons. The Labute approximate surface area is 165 Å². The van der Waals surface area contributed by atoms with E-state index in [9.17, 15) is 13.2 Å². The minimum absolute atomic E-state index is 0.0400. The summed E-state index contributed by atoms with van der Waals surface area (Å²) in [4.78, 5) is 21.0. The first-order valence-electron chi connectivity index (χ1n) is 8.53. The number of aromatic nitrogens is 3. The van der Waals surface area contributed by atoms with Crippen LogP contribution in [0.5, 0.6) is 0 Å². The Morgan fingerprint density at radius 3 is 2.79 bits per heavy atom. The van der Waals surface area contributed by atoms with E-state index in [2.05, 4.69) is 15.1 Å². The highest BCUT2D eigenvalue weighted by Crippen LogP contribution is 2.32. The van der Waals surface area contributed by atoms with E-state index < -0.39 is 15.4 Å². The van der Waals surface area contributed by atoms with Gasteiger partial charge in [0.2, 0.25) is 19.1 Å². The molecule has 1 aliphatic rings. The number of hydrogen-bond donors (Lipinski definition) is 1. The molecule has 8 nitrogen and oxygen atoms in total. The van der Waals surface area contributed by atoms with Crippen molar-refractivity contribution in [3.05, 3.63) is 45.7 Å². The zero-order valence-corrected chi connectivity index (χ0v) is 16.8.